The molecule has 1 amide bonds. The number of carbonyl (C=O) groups is 2. The highest BCUT2D eigenvalue weighted by Gasteiger charge is 2.15. The van der Waals surface area contributed by atoms with E-state index < -0.39 is 23.5 Å². The predicted molar refractivity (Wildman–Crippen MR) is 72.7 cm³/mol. The van der Waals surface area contributed by atoms with Crippen LogP contribution in [0.4, 0.5) is 14.5 Å². The van der Waals surface area contributed by atoms with E-state index in [1.165, 1.54) is 18.2 Å². The monoisotopic (exact) mass is 311 g/mol. The fourth-order valence-electron chi connectivity index (χ4n) is 1.64. The van der Waals surface area contributed by atoms with Gasteiger partial charge in [0.2, 0.25) is 0 Å². The summed E-state index contributed by atoms with van der Waals surface area (Å²) < 4.78 is 26.5. The Kier molecular flexibility index (Phi) is 4.18. The van der Waals surface area contributed by atoms with Gasteiger partial charge in [0.05, 0.1) is 16.3 Å². The summed E-state index contributed by atoms with van der Waals surface area (Å²) in [4.78, 5) is 22.8. The van der Waals surface area contributed by atoms with Crippen molar-refractivity contribution in [2.24, 2.45) is 0 Å². The minimum atomic E-state index is -1.20. The van der Waals surface area contributed by atoms with Gasteiger partial charge in [-0.3, -0.25) is 4.79 Å². The van der Waals surface area contributed by atoms with Crippen LogP contribution >= 0.6 is 11.6 Å². The Morgan fingerprint density at radius 3 is 2.38 bits per heavy atom. The van der Waals surface area contributed by atoms with E-state index in [1.807, 2.05) is 0 Å². The molecule has 2 aromatic rings. The number of rotatable bonds is 3. The second kappa shape index (κ2) is 5.88. The highest BCUT2D eigenvalue weighted by atomic mass is 35.5. The lowest BCUT2D eigenvalue weighted by molar-refractivity contribution is 0.0697. The van der Waals surface area contributed by atoms with Crippen molar-refractivity contribution in [1.29, 1.82) is 0 Å². The van der Waals surface area contributed by atoms with Crippen LogP contribution in [0.25, 0.3) is 0 Å². The normalized spacial score (nSPS) is 10.2. The summed E-state index contributed by atoms with van der Waals surface area (Å²) >= 11 is 5.66. The first-order chi connectivity index (χ1) is 9.88. The van der Waals surface area contributed by atoms with Gasteiger partial charge in [0, 0.05) is 11.6 Å². The molecule has 21 heavy (non-hydrogen) atoms. The number of nitrogens with one attached hydrogen (secondary N) is 1. The number of carboxylic acids is 1. The van der Waals surface area contributed by atoms with Gasteiger partial charge in [-0.2, -0.15) is 0 Å². The van der Waals surface area contributed by atoms with E-state index in [0.717, 1.165) is 12.1 Å². The average Bonchev–Trinajstić information content (AvgIpc) is 2.42. The summed E-state index contributed by atoms with van der Waals surface area (Å²) in [5.74, 6) is -3.85. The number of amides is 1. The molecular weight excluding hydrogens is 304 g/mol. The first-order valence-electron chi connectivity index (χ1n) is 5.67. The Hall–Kier alpha value is -2.47. The van der Waals surface area contributed by atoms with Crippen molar-refractivity contribution in [3.05, 3.63) is 64.2 Å². The van der Waals surface area contributed by atoms with Crippen molar-refractivity contribution in [1.82, 2.24) is 0 Å². The molecule has 2 aromatic carbocycles. The van der Waals surface area contributed by atoms with Gasteiger partial charge in [-0.25, -0.2) is 13.6 Å². The Labute approximate surface area is 123 Å². The van der Waals surface area contributed by atoms with E-state index in [0.29, 0.717) is 6.07 Å². The van der Waals surface area contributed by atoms with Gasteiger partial charge in [0.15, 0.2) is 5.82 Å². The third-order valence-electron chi connectivity index (χ3n) is 2.62. The first kappa shape index (κ1) is 14.9. The molecule has 0 atom stereocenters. The molecule has 0 heterocycles. The van der Waals surface area contributed by atoms with E-state index in [1.54, 1.807) is 0 Å². The van der Waals surface area contributed by atoms with E-state index >= 15 is 0 Å². The lowest BCUT2D eigenvalue weighted by atomic mass is 10.1. The highest BCUT2D eigenvalue weighted by Crippen LogP contribution is 2.26. The van der Waals surface area contributed by atoms with Crippen LogP contribution in [0.15, 0.2) is 36.4 Å². The van der Waals surface area contributed by atoms with Crippen LogP contribution in [0, 0.1) is 11.6 Å². The standard InChI is InChI=1S/C14H8ClF2NO3/c15-10-5-9(16)6-11(17)12(10)18-13(19)7-2-1-3-8(4-7)14(20)21/h1-6H,(H,18,19)(H,20,21). The second-order valence-electron chi connectivity index (χ2n) is 4.08. The van der Waals surface area contributed by atoms with Crippen LogP contribution < -0.4 is 5.32 Å². The van der Waals surface area contributed by atoms with E-state index in [4.69, 9.17) is 16.7 Å². The molecule has 0 fully saturated rings. The molecule has 2 rings (SSSR count). The maximum Gasteiger partial charge on any atom is 0.335 e. The number of carbonyl (C=O) groups excluding carboxylic acids is 1. The van der Waals surface area contributed by atoms with E-state index in [9.17, 15) is 18.4 Å². The third-order valence-corrected chi connectivity index (χ3v) is 2.92. The maximum atomic E-state index is 13.6. The van der Waals surface area contributed by atoms with Crippen LogP contribution in [0.3, 0.4) is 0 Å². The molecule has 0 aliphatic rings. The molecule has 2 N–H and O–H groups in total. The fourth-order valence-corrected chi connectivity index (χ4v) is 1.88. The molecule has 0 aromatic heterocycles. The molecule has 0 radical (unpaired) electrons. The van der Waals surface area contributed by atoms with Crippen molar-refractivity contribution < 1.29 is 23.5 Å². The maximum absolute atomic E-state index is 13.6. The second-order valence-corrected chi connectivity index (χ2v) is 4.49. The molecule has 7 heteroatoms. The lowest BCUT2D eigenvalue weighted by Gasteiger charge is -2.09. The summed E-state index contributed by atoms with van der Waals surface area (Å²) in [7, 11) is 0. The highest BCUT2D eigenvalue weighted by molar-refractivity contribution is 6.34. The average molecular weight is 312 g/mol. The number of aromatic carboxylic acids is 1. The third kappa shape index (κ3) is 3.35. The largest absolute Gasteiger partial charge is 0.478 e. The van der Waals surface area contributed by atoms with Gasteiger partial charge in [-0.05, 0) is 24.3 Å². The Morgan fingerprint density at radius 2 is 1.76 bits per heavy atom. The van der Waals surface area contributed by atoms with E-state index in [-0.39, 0.29) is 21.8 Å². The summed E-state index contributed by atoms with van der Waals surface area (Å²) in [5.41, 5.74) is -0.452. The fraction of sp³-hybridized carbons (Fsp3) is 0. The SMILES string of the molecule is O=C(O)c1cccc(C(=O)Nc2c(F)cc(F)cc2Cl)c1. The first-order valence-corrected chi connectivity index (χ1v) is 6.05. The number of hydrogen-bond acceptors (Lipinski definition) is 2. The van der Waals surface area contributed by atoms with Gasteiger partial charge in [0.25, 0.3) is 5.91 Å². The number of carboxylic acid groups (broad SMARTS) is 1. The van der Waals surface area contributed by atoms with Crippen molar-refractivity contribution in [2.45, 2.75) is 0 Å². The minimum Gasteiger partial charge on any atom is -0.478 e. The smallest absolute Gasteiger partial charge is 0.335 e. The Bertz CT molecular complexity index is 711. The zero-order chi connectivity index (χ0) is 15.6. The molecule has 0 unspecified atom stereocenters. The Morgan fingerprint density at radius 1 is 1.10 bits per heavy atom. The van der Waals surface area contributed by atoms with Crippen molar-refractivity contribution in [3.8, 4) is 0 Å². The topological polar surface area (TPSA) is 66.4 Å². The molecule has 0 saturated heterocycles. The van der Waals surface area contributed by atoms with Crippen LogP contribution in [-0.4, -0.2) is 17.0 Å². The van der Waals surface area contributed by atoms with Crippen molar-refractivity contribution in [2.75, 3.05) is 5.32 Å². The van der Waals surface area contributed by atoms with Crippen molar-refractivity contribution in [3.63, 3.8) is 0 Å². The van der Waals surface area contributed by atoms with Crippen molar-refractivity contribution >= 4 is 29.2 Å². The number of halogens is 3. The van der Waals surface area contributed by atoms with Gasteiger partial charge in [0.1, 0.15) is 5.82 Å². The minimum absolute atomic E-state index is 0.00897. The lowest BCUT2D eigenvalue weighted by Crippen LogP contribution is -2.14. The van der Waals surface area contributed by atoms with Gasteiger partial charge < -0.3 is 10.4 Å². The molecule has 0 bridgehead atoms. The van der Waals surface area contributed by atoms with Crippen LogP contribution in [-0.2, 0) is 0 Å². The van der Waals surface area contributed by atoms with Gasteiger partial charge in [-0.1, -0.05) is 17.7 Å². The summed E-state index contributed by atoms with van der Waals surface area (Å²) in [6, 6.07) is 6.61. The summed E-state index contributed by atoms with van der Waals surface area (Å²) in [6.07, 6.45) is 0. The van der Waals surface area contributed by atoms with E-state index in [2.05, 4.69) is 5.32 Å². The number of anilines is 1. The van der Waals surface area contributed by atoms with Gasteiger partial charge >= 0.3 is 5.97 Å². The summed E-state index contributed by atoms with van der Waals surface area (Å²) in [5, 5.41) is 10.7. The number of benzene rings is 2. The molecule has 0 aliphatic carbocycles. The molecule has 4 nitrogen and oxygen atoms in total. The Balaban J connectivity index is 2.30. The molecule has 0 aliphatic heterocycles. The molecule has 108 valence electrons. The van der Waals surface area contributed by atoms with Crippen LogP contribution in [0.5, 0.6) is 0 Å². The van der Waals surface area contributed by atoms with Crippen LogP contribution in [0.1, 0.15) is 20.7 Å². The predicted octanol–water partition coefficient (Wildman–Crippen LogP) is 3.57. The van der Waals surface area contributed by atoms with Gasteiger partial charge in [-0.15, -0.1) is 0 Å². The van der Waals surface area contributed by atoms with Crippen LogP contribution in [0.2, 0.25) is 5.02 Å². The molecule has 0 saturated carbocycles. The summed E-state index contributed by atoms with van der Waals surface area (Å²) in [6.45, 7) is 0. The molecule has 0 spiro atoms. The molecular formula is C14H8ClF2NO3. The zero-order valence-corrected chi connectivity index (χ0v) is 11.1. The zero-order valence-electron chi connectivity index (χ0n) is 10.4. The number of hydrogen-bond donors (Lipinski definition) is 2. The quantitative estimate of drug-likeness (QED) is 0.910.